The topological polar surface area (TPSA) is 30.2 Å². The minimum Gasteiger partial charge on any atom is -0.453 e. The standard InChI is InChI=1S/C15H14F2O2/c1-9-3-2-4-10-7-12(19-14(9)10)13(18)11-5-6-15(16,17)8-11/h2-4,7,11H,5-6,8H2,1H3. The third kappa shape index (κ3) is 2.15. The number of para-hydroxylation sites is 1. The van der Waals surface area contributed by atoms with Crippen LogP contribution in [0, 0.1) is 12.8 Å². The van der Waals surface area contributed by atoms with Crippen LogP contribution in [0.3, 0.4) is 0 Å². The SMILES string of the molecule is Cc1cccc2cc(C(=O)C3CCC(F)(F)C3)oc12. The number of ketones is 1. The number of halogens is 2. The quantitative estimate of drug-likeness (QED) is 0.754. The molecule has 2 nitrogen and oxygen atoms in total. The van der Waals surface area contributed by atoms with Crippen molar-refractivity contribution in [2.45, 2.75) is 32.1 Å². The van der Waals surface area contributed by atoms with Crippen LogP contribution in [0.2, 0.25) is 0 Å². The second kappa shape index (κ2) is 4.15. The molecule has 0 spiro atoms. The molecule has 1 fully saturated rings. The molecule has 1 atom stereocenters. The van der Waals surface area contributed by atoms with Crippen LogP contribution in [0.5, 0.6) is 0 Å². The van der Waals surface area contributed by atoms with E-state index in [2.05, 4.69) is 0 Å². The Morgan fingerprint density at radius 1 is 1.42 bits per heavy atom. The Labute approximate surface area is 109 Å². The number of hydrogen-bond donors (Lipinski definition) is 0. The molecule has 1 heterocycles. The van der Waals surface area contributed by atoms with Gasteiger partial charge < -0.3 is 4.42 Å². The van der Waals surface area contributed by atoms with Gasteiger partial charge in [-0.05, 0) is 25.0 Å². The molecule has 0 aliphatic heterocycles. The molecule has 0 amide bonds. The van der Waals surface area contributed by atoms with Gasteiger partial charge in [-0.2, -0.15) is 0 Å². The Bertz CT molecular complexity index is 643. The van der Waals surface area contributed by atoms with E-state index in [9.17, 15) is 13.6 Å². The largest absolute Gasteiger partial charge is 0.453 e. The van der Waals surface area contributed by atoms with Crippen LogP contribution < -0.4 is 0 Å². The lowest BCUT2D eigenvalue weighted by Crippen LogP contribution is -2.15. The maximum Gasteiger partial charge on any atom is 0.248 e. The molecular weight excluding hydrogens is 250 g/mol. The highest BCUT2D eigenvalue weighted by Gasteiger charge is 2.43. The van der Waals surface area contributed by atoms with E-state index in [-0.39, 0.29) is 30.8 Å². The normalized spacial score (nSPS) is 21.9. The molecule has 0 radical (unpaired) electrons. The van der Waals surface area contributed by atoms with Gasteiger partial charge in [0.05, 0.1) is 0 Å². The van der Waals surface area contributed by atoms with Gasteiger partial charge in [0.1, 0.15) is 5.58 Å². The van der Waals surface area contributed by atoms with Crippen molar-refractivity contribution in [3.05, 3.63) is 35.6 Å². The third-order valence-corrected chi connectivity index (χ3v) is 3.76. The zero-order valence-corrected chi connectivity index (χ0v) is 10.6. The number of furan rings is 1. The van der Waals surface area contributed by atoms with Crippen LogP contribution >= 0.6 is 0 Å². The molecule has 1 aromatic carbocycles. The van der Waals surface area contributed by atoms with Crippen molar-refractivity contribution >= 4 is 16.8 Å². The average molecular weight is 264 g/mol. The number of hydrogen-bond acceptors (Lipinski definition) is 2. The average Bonchev–Trinajstić information content (AvgIpc) is 2.92. The maximum absolute atomic E-state index is 13.2. The van der Waals surface area contributed by atoms with E-state index < -0.39 is 11.8 Å². The van der Waals surface area contributed by atoms with Gasteiger partial charge in [0, 0.05) is 24.1 Å². The predicted molar refractivity (Wildman–Crippen MR) is 67.6 cm³/mol. The Kier molecular flexibility index (Phi) is 2.69. The molecule has 3 rings (SSSR count). The van der Waals surface area contributed by atoms with E-state index in [1.54, 1.807) is 6.07 Å². The third-order valence-electron chi connectivity index (χ3n) is 3.76. The number of Topliss-reactive ketones (excluding diaryl/α,β-unsaturated/α-hetero) is 1. The van der Waals surface area contributed by atoms with Gasteiger partial charge in [-0.15, -0.1) is 0 Å². The summed E-state index contributed by atoms with van der Waals surface area (Å²) in [4.78, 5) is 12.2. The number of rotatable bonds is 2. The van der Waals surface area contributed by atoms with Crippen molar-refractivity contribution in [2.24, 2.45) is 5.92 Å². The zero-order chi connectivity index (χ0) is 13.6. The highest BCUT2D eigenvalue weighted by Crippen LogP contribution is 2.40. The molecule has 2 aromatic rings. The summed E-state index contributed by atoms with van der Waals surface area (Å²) in [7, 11) is 0. The number of carbonyl (C=O) groups excluding carboxylic acids is 1. The molecule has 4 heteroatoms. The van der Waals surface area contributed by atoms with Gasteiger partial charge in [0.2, 0.25) is 11.7 Å². The second-order valence-electron chi connectivity index (χ2n) is 5.26. The molecule has 1 aromatic heterocycles. The first kappa shape index (κ1) is 12.3. The maximum atomic E-state index is 13.2. The Morgan fingerprint density at radius 3 is 2.84 bits per heavy atom. The lowest BCUT2D eigenvalue weighted by molar-refractivity contribution is 0.00518. The fourth-order valence-electron chi connectivity index (χ4n) is 2.71. The molecule has 19 heavy (non-hydrogen) atoms. The van der Waals surface area contributed by atoms with Crippen LogP contribution in [0.15, 0.2) is 28.7 Å². The predicted octanol–water partition coefficient (Wildman–Crippen LogP) is 4.36. The van der Waals surface area contributed by atoms with Crippen LogP contribution in [-0.2, 0) is 0 Å². The van der Waals surface area contributed by atoms with Crippen LogP contribution in [0.4, 0.5) is 8.78 Å². The molecule has 0 bridgehead atoms. The second-order valence-corrected chi connectivity index (χ2v) is 5.26. The molecular formula is C15H14F2O2. The Morgan fingerprint density at radius 2 is 2.21 bits per heavy atom. The molecule has 0 saturated heterocycles. The van der Waals surface area contributed by atoms with Gasteiger partial charge in [0.25, 0.3) is 0 Å². The number of alkyl halides is 2. The summed E-state index contributed by atoms with van der Waals surface area (Å²) >= 11 is 0. The fourth-order valence-corrected chi connectivity index (χ4v) is 2.71. The Balaban J connectivity index is 1.92. The van der Waals surface area contributed by atoms with Crippen molar-refractivity contribution in [3.63, 3.8) is 0 Å². The number of fused-ring (bicyclic) bond motifs is 1. The highest BCUT2D eigenvalue weighted by molar-refractivity contribution is 5.99. The number of carbonyl (C=O) groups is 1. The van der Waals surface area contributed by atoms with Crippen LogP contribution in [0.25, 0.3) is 11.0 Å². The summed E-state index contributed by atoms with van der Waals surface area (Å²) in [5.41, 5.74) is 1.60. The van der Waals surface area contributed by atoms with Crippen molar-refractivity contribution in [1.82, 2.24) is 0 Å². The molecule has 100 valence electrons. The minimum atomic E-state index is -2.71. The Hall–Kier alpha value is -1.71. The van der Waals surface area contributed by atoms with E-state index in [0.29, 0.717) is 5.58 Å². The summed E-state index contributed by atoms with van der Waals surface area (Å²) in [5, 5.41) is 0.841. The molecule has 0 N–H and O–H groups in total. The zero-order valence-electron chi connectivity index (χ0n) is 10.6. The molecule has 1 aliphatic carbocycles. The lowest BCUT2D eigenvalue weighted by Gasteiger charge is -2.07. The van der Waals surface area contributed by atoms with Gasteiger partial charge in [-0.3, -0.25) is 4.79 Å². The monoisotopic (exact) mass is 264 g/mol. The summed E-state index contributed by atoms with van der Waals surface area (Å²) in [6, 6.07) is 7.28. The fraction of sp³-hybridized carbons (Fsp3) is 0.400. The number of benzene rings is 1. The minimum absolute atomic E-state index is 0.201. The van der Waals surface area contributed by atoms with Gasteiger partial charge in [-0.25, -0.2) is 8.78 Å². The highest BCUT2D eigenvalue weighted by atomic mass is 19.3. The summed E-state index contributed by atoms with van der Waals surface area (Å²) in [6.07, 6.45) is -0.327. The van der Waals surface area contributed by atoms with E-state index in [1.807, 2.05) is 25.1 Å². The van der Waals surface area contributed by atoms with E-state index >= 15 is 0 Å². The summed E-state index contributed by atoms with van der Waals surface area (Å²) in [6.45, 7) is 1.89. The van der Waals surface area contributed by atoms with Crippen LogP contribution in [-0.4, -0.2) is 11.7 Å². The lowest BCUT2D eigenvalue weighted by atomic mass is 10.0. The van der Waals surface area contributed by atoms with Crippen molar-refractivity contribution < 1.29 is 18.0 Å². The smallest absolute Gasteiger partial charge is 0.248 e. The number of aryl methyl sites for hydroxylation is 1. The van der Waals surface area contributed by atoms with Gasteiger partial charge >= 0.3 is 0 Å². The summed E-state index contributed by atoms with van der Waals surface area (Å²) in [5.74, 6) is -3.42. The van der Waals surface area contributed by atoms with Crippen LogP contribution in [0.1, 0.15) is 35.4 Å². The van der Waals surface area contributed by atoms with Gasteiger partial charge in [0.15, 0.2) is 5.76 Å². The molecule has 1 aliphatic rings. The first-order valence-corrected chi connectivity index (χ1v) is 6.37. The van der Waals surface area contributed by atoms with Crippen molar-refractivity contribution in [3.8, 4) is 0 Å². The van der Waals surface area contributed by atoms with E-state index in [1.165, 1.54) is 0 Å². The first-order valence-electron chi connectivity index (χ1n) is 6.37. The molecule has 1 unspecified atom stereocenters. The van der Waals surface area contributed by atoms with E-state index in [0.717, 1.165) is 10.9 Å². The molecule has 1 saturated carbocycles. The van der Waals surface area contributed by atoms with Crippen molar-refractivity contribution in [2.75, 3.05) is 0 Å². The van der Waals surface area contributed by atoms with Crippen molar-refractivity contribution in [1.29, 1.82) is 0 Å². The first-order chi connectivity index (χ1) is 8.96. The van der Waals surface area contributed by atoms with Gasteiger partial charge in [-0.1, -0.05) is 18.2 Å². The summed E-state index contributed by atoms with van der Waals surface area (Å²) < 4.78 is 31.9. The van der Waals surface area contributed by atoms with E-state index in [4.69, 9.17) is 4.42 Å².